The summed E-state index contributed by atoms with van der Waals surface area (Å²) in [5, 5.41) is 8.67. The third kappa shape index (κ3) is 6.45. The van der Waals surface area contributed by atoms with E-state index in [-0.39, 0.29) is 24.4 Å². The maximum absolute atomic E-state index is 12.1. The quantitative estimate of drug-likeness (QED) is 0.714. The molecule has 148 valence electrons. The molecule has 1 aromatic carbocycles. The Morgan fingerprint density at radius 2 is 1.59 bits per heavy atom. The van der Waals surface area contributed by atoms with Crippen LogP contribution in [0, 0.1) is 0 Å². The van der Waals surface area contributed by atoms with E-state index in [0.717, 1.165) is 31.6 Å². The zero-order valence-electron chi connectivity index (χ0n) is 16.1. The van der Waals surface area contributed by atoms with E-state index in [0.29, 0.717) is 6.54 Å². The summed E-state index contributed by atoms with van der Waals surface area (Å²) in [6, 6.07) is 8.15. The van der Waals surface area contributed by atoms with Gasteiger partial charge in [-0.2, -0.15) is 0 Å². The minimum atomic E-state index is -0.166. The number of benzene rings is 1. The van der Waals surface area contributed by atoms with Gasteiger partial charge in [0.2, 0.25) is 5.91 Å². The normalized spacial score (nSPS) is 18.0. The monoisotopic (exact) mass is 372 g/mol. The lowest BCUT2D eigenvalue weighted by Crippen LogP contribution is -2.43. The van der Waals surface area contributed by atoms with E-state index in [4.69, 9.17) is 0 Å². The van der Waals surface area contributed by atoms with Gasteiger partial charge < -0.3 is 20.9 Å². The van der Waals surface area contributed by atoms with Crippen LogP contribution >= 0.6 is 0 Å². The van der Waals surface area contributed by atoms with E-state index in [1.165, 1.54) is 44.2 Å². The van der Waals surface area contributed by atoms with Gasteiger partial charge in [-0.15, -0.1) is 0 Å². The van der Waals surface area contributed by atoms with Crippen LogP contribution in [-0.2, 0) is 4.79 Å². The minimum Gasteiger partial charge on any atom is -0.372 e. The number of urea groups is 1. The van der Waals surface area contributed by atoms with E-state index >= 15 is 0 Å². The second kappa shape index (κ2) is 10.2. The van der Waals surface area contributed by atoms with Gasteiger partial charge in [-0.1, -0.05) is 19.3 Å². The van der Waals surface area contributed by atoms with Crippen LogP contribution in [0.5, 0.6) is 0 Å². The lowest BCUT2D eigenvalue weighted by molar-refractivity contribution is -0.116. The molecule has 0 aromatic heterocycles. The molecule has 1 aliphatic carbocycles. The highest BCUT2D eigenvalue weighted by molar-refractivity contribution is 5.91. The van der Waals surface area contributed by atoms with Crippen molar-refractivity contribution in [3.63, 3.8) is 0 Å². The van der Waals surface area contributed by atoms with Gasteiger partial charge in [0.05, 0.1) is 0 Å². The molecule has 1 aliphatic heterocycles. The van der Waals surface area contributed by atoms with Crippen molar-refractivity contribution in [1.82, 2.24) is 10.6 Å². The Labute approximate surface area is 162 Å². The van der Waals surface area contributed by atoms with E-state index in [1.807, 2.05) is 12.1 Å². The molecule has 1 aromatic rings. The van der Waals surface area contributed by atoms with Crippen molar-refractivity contribution in [3.05, 3.63) is 24.3 Å². The van der Waals surface area contributed by atoms with Crippen molar-refractivity contribution in [2.75, 3.05) is 29.9 Å². The second-order valence-electron chi connectivity index (χ2n) is 7.63. The van der Waals surface area contributed by atoms with Gasteiger partial charge in [0.15, 0.2) is 0 Å². The highest BCUT2D eigenvalue weighted by Crippen LogP contribution is 2.22. The third-order valence-electron chi connectivity index (χ3n) is 5.45. The molecule has 1 saturated carbocycles. The van der Waals surface area contributed by atoms with Crippen LogP contribution in [0.15, 0.2) is 24.3 Å². The molecule has 0 bridgehead atoms. The summed E-state index contributed by atoms with van der Waals surface area (Å²) in [4.78, 5) is 26.4. The number of piperidine rings is 1. The number of hydrogen-bond acceptors (Lipinski definition) is 3. The Hall–Kier alpha value is -2.24. The molecule has 3 rings (SSSR count). The molecule has 3 amide bonds. The molecule has 0 unspecified atom stereocenters. The lowest BCUT2D eigenvalue weighted by atomic mass is 9.96. The van der Waals surface area contributed by atoms with E-state index in [2.05, 4.69) is 33.0 Å². The first-order chi connectivity index (χ1) is 13.2. The molecule has 0 spiro atoms. The number of amides is 3. The van der Waals surface area contributed by atoms with Crippen molar-refractivity contribution in [3.8, 4) is 0 Å². The molecular formula is C21H32N4O2. The van der Waals surface area contributed by atoms with Crippen LogP contribution in [-0.4, -0.2) is 37.6 Å². The van der Waals surface area contributed by atoms with Crippen LogP contribution in [0.4, 0.5) is 16.2 Å². The van der Waals surface area contributed by atoms with Crippen molar-refractivity contribution >= 4 is 23.3 Å². The summed E-state index contributed by atoms with van der Waals surface area (Å²) in [7, 11) is 0. The smallest absolute Gasteiger partial charge is 0.315 e. The van der Waals surface area contributed by atoms with Gasteiger partial charge in [-0.05, 0) is 56.4 Å². The van der Waals surface area contributed by atoms with Crippen LogP contribution in [0.3, 0.4) is 0 Å². The van der Waals surface area contributed by atoms with Gasteiger partial charge in [0.1, 0.15) is 0 Å². The Morgan fingerprint density at radius 3 is 2.30 bits per heavy atom. The average Bonchev–Trinajstić information content (AvgIpc) is 2.70. The van der Waals surface area contributed by atoms with E-state index < -0.39 is 0 Å². The standard InChI is InChI=1S/C21H32N4O2/c26-20(13-14-22-21(27)24-17-7-3-1-4-8-17)23-18-9-11-19(12-10-18)25-15-5-2-6-16-25/h9-12,17H,1-8,13-16H2,(H,23,26)(H2,22,24,27). The lowest BCUT2D eigenvalue weighted by Gasteiger charge is -2.28. The molecular weight excluding hydrogens is 340 g/mol. The van der Waals surface area contributed by atoms with Crippen molar-refractivity contribution in [2.24, 2.45) is 0 Å². The Balaban J connectivity index is 1.34. The fraction of sp³-hybridized carbons (Fsp3) is 0.619. The van der Waals surface area contributed by atoms with Crippen molar-refractivity contribution in [2.45, 2.75) is 63.8 Å². The Morgan fingerprint density at radius 1 is 0.926 bits per heavy atom. The van der Waals surface area contributed by atoms with Gasteiger partial charge >= 0.3 is 6.03 Å². The molecule has 2 fully saturated rings. The first kappa shape index (κ1) is 19.5. The second-order valence-corrected chi connectivity index (χ2v) is 7.63. The van der Waals surface area contributed by atoms with Crippen LogP contribution < -0.4 is 20.9 Å². The first-order valence-corrected chi connectivity index (χ1v) is 10.4. The van der Waals surface area contributed by atoms with Gasteiger partial charge in [0, 0.05) is 43.5 Å². The summed E-state index contributed by atoms with van der Waals surface area (Å²) < 4.78 is 0. The fourth-order valence-electron chi connectivity index (χ4n) is 3.90. The maximum atomic E-state index is 12.1. The number of carbonyl (C=O) groups is 2. The molecule has 27 heavy (non-hydrogen) atoms. The van der Waals surface area contributed by atoms with E-state index in [1.54, 1.807) is 0 Å². The van der Waals surface area contributed by atoms with Crippen molar-refractivity contribution in [1.29, 1.82) is 0 Å². The number of hydrogen-bond donors (Lipinski definition) is 3. The van der Waals surface area contributed by atoms with E-state index in [9.17, 15) is 9.59 Å². The predicted molar refractivity (Wildman–Crippen MR) is 109 cm³/mol. The first-order valence-electron chi connectivity index (χ1n) is 10.4. The molecule has 6 heteroatoms. The molecule has 1 saturated heterocycles. The highest BCUT2D eigenvalue weighted by atomic mass is 16.2. The highest BCUT2D eigenvalue weighted by Gasteiger charge is 2.15. The summed E-state index contributed by atoms with van der Waals surface area (Å²) in [5.41, 5.74) is 2.01. The van der Waals surface area contributed by atoms with Crippen LogP contribution in [0.25, 0.3) is 0 Å². The van der Waals surface area contributed by atoms with Gasteiger partial charge in [-0.3, -0.25) is 4.79 Å². The summed E-state index contributed by atoms with van der Waals surface area (Å²) in [5.74, 6) is -0.0845. The van der Waals surface area contributed by atoms with Gasteiger partial charge in [-0.25, -0.2) is 4.79 Å². The predicted octanol–water partition coefficient (Wildman–Crippen LogP) is 3.64. The molecule has 0 radical (unpaired) electrons. The molecule has 1 heterocycles. The number of anilines is 2. The minimum absolute atomic E-state index is 0.0845. The molecule has 3 N–H and O–H groups in total. The summed E-state index contributed by atoms with van der Waals surface area (Å²) in [6.07, 6.45) is 9.83. The number of nitrogens with zero attached hydrogens (tertiary/aromatic N) is 1. The molecule has 6 nitrogen and oxygen atoms in total. The number of carbonyl (C=O) groups excluding carboxylic acids is 2. The Kier molecular flexibility index (Phi) is 7.36. The number of rotatable bonds is 6. The zero-order chi connectivity index (χ0) is 18.9. The zero-order valence-corrected chi connectivity index (χ0v) is 16.1. The topological polar surface area (TPSA) is 73.5 Å². The fourth-order valence-corrected chi connectivity index (χ4v) is 3.90. The van der Waals surface area contributed by atoms with Gasteiger partial charge in [0.25, 0.3) is 0 Å². The SMILES string of the molecule is O=C(CCNC(=O)NC1CCCCC1)Nc1ccc(N2CCCCC2)cc1. The molecule has 0 atom stereocenters. The third-order valence-corrected chi connectivity index (χ3v) is 5.45. The average molecular weight is 373 g/mol. The van der Waals surface area contributed by atoms with Crippen molar-refractivity contribution < 1.29 is 9.59 Å². The molecule has 2 aliphatic rings. The van der Waals surface area contributed by atoms with Crippen LogP contribution in [0.1, 0.15) is 57.8 Å². The summed E-state index contributed by atoms with van der Waals surface area (Å²) in [6.45, 7) is 2.57. The largest absolute Gasteiger partial charge is 0.372 e. The number of nitrogens with one attached hydrogen (secondary N) is 3. The van der Waals surface area contributed by atoms with Crippen LogP contribution in [0.2, 0.25) is 0 Å². The maximum Gasteiger partial charge on any atom is 0.315 e. The Bertz CT molecular complexity index is 605. The summed E-state index contributed by atoms with van der Waals surface area (Å²) >= 11 is 0.